The first-order chi connectivity index (χ1) is 13.3. The van der Waals surface area contributed by atoms with Crippen molar-refractivity contribution in [2.75, 3.05) is 11.9 Å². The Kier molecular flexibility index (Phi) is 7.47. The van der Waals surface area contributed by atoms with E-state index in [-0.39, 0.29) is 31.5 Å². The van der Waals surface area contributed by atoms with E-state index in [0.717, 1.165) is 5.56 Å². The van der Waals surface area contributed by atoms with Crippen LogP contribution < -0.4 is 10.9 Å². The fourth-order valence-electron chi connectivity index (χ4n) is 3.01. The molecule has 3 rings (SSSR count). The highest BCUT2D eigenvalue weighted by Gasteiger charge is 2.18. The second-order valence-corrected chi connectivity index (χ2v) is 7.53. The van der Waals surface area contributed by atoms with E-state index in [4.69, 9.17) is 23.2 Å². The van der Waals surface area contributed by atoms with Gasteiger partial charge in [-0.2, -0.15) is 0 Å². The molecular formula is C22H24Cl2N2O3. The number of aromatic nitrogens is 1. The molecule has 0 aliphatic heterocycles. The monoisotopic (exact) mass is 434 g/mol. The van der Waals surface area contributed by atoms with Crippen LogP contribution in [0.4, 0.5) is 5.69 Å². The molecule has 0 saturated heterocycles. The van der Waals surface area contributed by atoms with Crippen molar-refractivity contribution >= 4 is 45.6 Å². The predicted octanol–water partition coefficient (Wildman–Crippen LogP) is 5.24. The van der Waals surface area contributed by atoms with Crippen molar-refractivity contribution in [2.24, 2.45) is 0 Å². The van der Waals surface area contributed by atoms with Gasteiger partial charge in [-0.1, -0.05) is 42.8 Å². The molecule has 1 aromatic heterocycles. The Morgan fingerprint density at radius 1 is 1.10 bits per heavy atom. The molecule has 29 heavy (non-hydrogen) atoms. The van der Waals surface area contributed by atoms with Gasteiger partial charge in [0.25, 0.3) is 5.56 Å². The number of anilines is 1. The van der Waals surface area contributed by atoms with Crippen LogP contribution >= 0.6 is 23.2 Å². The minimum Gasteiger partial charge on any atom is -0.394 e. The van der Waals surface area contributed by atoms with E-state index in [9.17, 15) is 14.7 Å². The van der Waals surface area contributed by atoms with Crippen LogP contribution in [-0.2, 0) is 4.79 Å². The average molecular weight is 435 g/mol. The summed E-state index contributed by atoms with van der Waals surface area (Å²) in [5, 5.41) is 14.2. The van der Waals surface area contributed by atoms with Crippen LogP contribution in [-0.4, -0.2) is 22.2 Å². The Bertz CT molecular complexity index is 1100. The molecule has 0 saturated carbocycles. The number of halogens is 2. The number of nitrogens with zero attached hydrogens (tertiary/aromatic N) is 1. The van der Waals surface area contributed by atoms with E-state index in [1.54, 1.807) is 62.5 Å². The Balaban J connectivity index is 0.00000300. The Morgan fingerprint density at radius 2 is 1.83 bits per heavy atom. The number of aliphatic hydroxyl groups is 1. The minimum atomic E-state index is -0.459. The molecule has 0 spiro atoms. The number of rotatable bonds is 5. The van der Waals surface area contributed by atoms with Gasteiger partial charge in [-0.25, -0.2) is 0 Å². The van der Waals surface area contributed by atoms with E-state index in [0.29, 0.717) is 26.5 Å². The van der Waals surface area contributed by atoms with Gasteiger partial charge in [0.05, 0.1) is 28.6 Å². The fraction of sp³-hybridized carbons (Fsp3) is 0.273. The summed E-state index contributed by atoms with van der Waals surface area (Å²) >= 11 is 12.0. The van der Waals surface area contributed by atoms with Gasteiger partial charge in [-0.05, 0) is 49.7 Å². The molecule has 0 bridgehead atoms. The summed E-state index contributed by atoms with van der Waals surface area (Å²) in [6, 6.07) is 11.7. The molecule has 7 heteroatoms. The third-order valence-electron chi connectivity index (χ3n) is 4.81. The van der Waals surface area contributed by atoms with Gasteiger partial charge in [0, 0.05) is 22.7 Å². The number of pyridine rings is 1. The molecule has 0 aliphatic carbocycles. The smallest absolute Gasteiger partial charge is 0.258 e. The topological polar surface area (TPSA) is 71.3 Å². The molecule has 154 valence electrons. The number of carbonyl (C=O) groups excluding carboxylic acids is 1. The first-order valence-electron chi connectivity index (χ1n) is 8.84. The Hall–Kier alpha value is -2.34. The van der Waals surface area contributed by atoms with Gasteiger partial charge in [-0.15, -0.1) is 0 Å². The zero-order valence-electron chi connectivity index (χ0n) is 15.4. The number of benzene rings is 2. The highest BCUT2D eigenvalue weighted by atomic mass is 35.5. The van der Waals surface area contributed by atoms with Crippen LogP contribution in [0, 0.1) is 0 Å². The van der Waals surface area contributed by atoms with Crippen LogP contribution in [0.3, 0.4) is 0 Å². The molecule has 1 amide bonds. The molecule has 2 atom stereocenters. The van der Waals surface area contributed by atoms with Crippen molar-refractivity contribution in [3.05, 3.63) is 74.6 Å². The van der Waals surface area contributed by atoms with Crippen LogP contribution in [0.2, 0.25) is 10.0 Å². The van der Waals surface area contributed by atoms with Crippen LogP contribution in [0.25, 0.3) is 10.8 Å². The molecule has 0 radical (unpaired) electrons. The Morgan fingerprint density at radius 3 is 2.48 bits per heavy atom. The highest BCUT2D eigenvalue weighted by Crippen LogP contribution is 2.28. The maximum atomic E-state index is 12.8. The molecule has 2 aromatic carbocycles. The maximum absolute atomic E-state index is 12.8. The molecule has 2 N–H and O–H groups in total. The number of hydrogen-bond acceptors (Lipinski definition) is 3. The van der Waals surface area contributed by atoms with E-state index in [1.807, 2.05) is 0 Å². The second kappa shape index (κ2) is 9.44. The zero-order valence-corrected chi connectivity index (χ0v) is 17.0. The molecule has 3 aromatic rings. The molecule has 0 aliphatic rings. The molecular weight excluding hydrogens is 411 g/mol. The van der Waals surface area contributed by atoms with Gasteiger partial charge in [0.2, 0.25) is 5.91 Å². The van der Waals surface area contributed by atoms with E-state index < -0.39 is 5.92 Å². The third kappa shape index (κ3) is 4.64. The van der Waals surface area contributed by atoms with Crippen molar-refractivity contribution in [2.45, 2.75) is 33.2 Å². The number of fused-ring (bicyclic) bond motifs is 1. The molecule has 5 nitrogen and oxygen atoms in total. The lowest BCUT2D eigenvalue weighted by Gasteiger charge is -2.16. The first kappa shape index (κ1) is 22.9. The van der Waals surface area contributed by atoms with Crippen LogP contribution in [0.5, 0.6) is 0 Å². The average Bonchev–Trinajstić information content (AvgIpc) is 2.69. The number of nitrogens with one attached hydrogen (secondary N) is 1. The molecule has 1 heterocycles. The highest BCUT2D eigenvalue weighted by molar-refractivity contribution is 6.42. The summed E-state index contributed by atoms with van der Waals surface area (Å²) in [6.07, 6.45) is 1.63. The molecule has 0 unspecified atom stereocenters. The predicted molar refractivity (Wildman–Crippen MR) is 120 cm³/mol. The quantitative estimate of drug-likeness (QED) is 0.576. The maximum Gasteiger partial charge on any atom is 0.258 e. The van der Waals surface area contributed by atoms with Crippen molar-refractivity contribution in [1.29, 1.82) is 0 Å². The van der Waals surface area contributed by atoms with Gasteiger partial charge in [-0.3, -0.25) is 9.59 Å². The number of hydrogen-bond donors (Lipinski definition) is 2. The van der Waals surface area contributed by atoms with Crippen molar-refractivity contribution in [3.63, 3.8) is 0 Å². The number of aliphatic hydroxyl groups excluding tert-OH is 1. The lowest BCUT2D eigenvalue weighted by atomic mass is 10.00. The number of carbonyl (C=O) groups is 1. The Labute approximate surface area is 179 Å². The SMILES string of the molecule is C.C[C@H](C(=O)Nc1cccc2c(=O)n([C@@H](C)CO)ccc12)c1ccc(Cl)c(Cl)c1. The minimum absolute atomic E-state index is 0. The van der Waals surface area contributed by atoms with Crippen molar-refractivity contribution in [1.82, 2.24) is 4.57 Å². The largest absolute Gasteiger partial charge is 0.394 e. The first-order valence-corrected chi connectivity index (χ1v) is 9.59. The van der Waals surface area contributed by atoms with Gasteiger partial charge < -0.3 is 15.0 Å². The summed E-state index contributed by atoms with van der Waals surface area (Å²) in [6.45, 7) is 3.40. The van der Waals surface area contributed by atoms with Crippen molar-refractivity contribution in [3.8, 4) is 0 Å². The summed E-state index contributed by atoms with van der Waals surface area (Å²) in [5.74, 6) is -0.682. The summed E-state index contributed by atoms with van der Waals surface area (Å²) < 4.78 is 1.48. The van der Waals surface area contributed by atoms with Crippen molar-refractivity contribution < 1.29 is 9.90 Å². The van der Waals surface area contributed by atoms with E-state index in [1.165, 1.54) is 4.57 Å². The number of amides is 1. The fourth-order valence-corrected chi connectivity index (χ4v) is 3.32. The van der Waals surface area contributed by atoms with Gasteiger partial charge in [0.15, 0.2) is 0 Å². The van der Waals surface area contributed by atoms with Crippen LogP contribution in [0.1, 0.15) is 38.8 Å². The standard InChI is InChI=1S/C21H20Cl2N2O3.CH4/c1-12(11-26)25-9-8-15-16(21(25)28)4-3-5-19(15)24-20(27)13(2)14-6-7-17(22)18(23)10-14;/h3-10,12-13,26H,11H2,1-2H3,(H,24,27);1H4/t12-,13-;/m0./s1. The van der Waals surface area contributed by atoms with E-state index >= 15 is 0 Å². The lowest BCUT2D eigenvalue weighted by Crippen LogP contribution is -2.25. The third-order valence-corrected chi connectivity index (χ3v) is 5.55. The molecule has 0 fully saturated rings. The van der Waals surface area contributed by atoms with Gasteiger partial charge >= 0.3 is 0 Å². The second-order valence-electron chi connectivity index (χ2n) is 6.71. The summed E-state index contributed by atoms with van der Waals surface area (Å²) in [5.41, 5.74) is 1.08. The van der Waals surface area contributed by atoms with Gasteiger partial charge in [0.1, 0.15) is 0 Å². The normalized spacial score (nSPS) is 12.9. The lowest BCUT2D eigenvalue weighted by molar-refractivity contribution is -0.117. The van der Waals surface area contributed by atoms with Crippen LogP contribution in [0.15, 0.2) is 53.5 Å². The zero-order chi connectivity index (χ0) is 20.4. The summed E-state index contributed by atoms with van der Waals surface area (Å²) in [7, 11) is 0. The van der Waals surface area contributed by atoms with E-state index in [2.05, 4.69) is 5.32 Å². The summed E-state index contributed by atoms with van der Waals surface area (Å²) in [4.78, 5) is 25.5.